The number of rotatable bonds is 6. The lowest BCUT2D eigenvalue weighted by Crippen LogP contribution is -2.42. The first-order chi connectivity index (χ1) is 14.5. The van der Waals surface area contributed by atoms with Gasteiger partial charge in [0, 0.05) is 18.8 Å². The standard InChI is InChI=1S/C23H21FN2O3S/c24-20-11-5-7-13-22(20)30(28,29)25(16-18-8-2-1-3-9-18)17-23(27)26-15-14-19-10-4-6-12-21(19)26/h1-13H,14-17H2. The Hall–Kier alpha value is -3.03. The van der Waals surface area contributed by atoms with Crippen molar-refractivity contribution in [1.82, 2.24) is 4.31 Å². The summed E-state index contributed by atoms with van der Waals surface area (Å²) >= 11 is 0. The van der Waals surface area contributed by atoms with Crippen LogP contribution in [-0.4, -0.2) is 31.7 Å². The minimum Gasteiger partial charge on any atom is -0.311 e. The van der Waals surface area contributed by atoms with E-state index in [1.165, 1.54) is 18.2 Å². The summed E-state index contributed by atoms with van der Waals surface area (Å²) in [6.07, 6.45) is 0.723. The molecule has 7 heteroatoms. The van der Waals surface area contributed by atoms with Crippen molar-refractivity contribution in [3.8, 4) is 0 Å². The van der Waals surface area contributed by atoms with Gasteiger partial charge in [0.25, 0.3) is 0 Å². The van der Waals surface area contributed by atoms with Crippen LogP contribution in [-0.2, 0) is 27.8 Å². The largest absolute Gasteiger partial charge is 0.311 e. The number of nitrogens with zero attached hydrogens (tertiary/aromatic N) is 2. The van der Waals surface area contributed by atoms with Crippen molar-refractivity contribution in [2.75, 3.05) is 18.0 Å². The van der Waals surface area contributed by atoms with Crippen LogP contribution in [0.4, 0.5) is 10.1 Å². The zero-order chi connectivity index (χ0) is 21.1. The molecule has 1 amide bonds. The fraction of sp³-hybridized carbons (Fsp3) is 0.174. The molecule has 0 aromatic heterocycles. The summed E-state index contributed by atoms with van der Waals surface area (Å²) in [5.74, 6) is -1.18. The third-order valence-electron chi connectivity index (χ3n) is 5.16. The molecular formula is C23H21FN2O3S. The van der Waals surface area contributed by atoms with Gasteiger partial charge in [-0.05, 0) is 35.7 Å². The predicted molar refractivity (Wildman–Crippen MR) is 113 cm³/mol. The molecule has 1 heterocycles. The van der Waals surface area contributed by atoms with Gasteiger partial charge >= 0.3 is 0 Å². The van der Waals surface area contributed by atoms with Gasteiger partial charge in [-0.25, -0.2) is 12.8 Å². The van der Waals surface area contributed by atoms with Crippen molar-refractivity contribution in [2.24, 2.45) is 0 Å². The number of amides is 1. The maximum Gasteiger partial charge on any atom is 0.246 e. The van der Waals surface area contributed by atoms with E-state index in [1.807, 2.05) is 30.3 Å². The quantitative estimate of drug-likeness (QED) is 0.608. The van der Waals surface area contributed by atoms with E-state index in [4.69, 9.17) is 0 Å². The second-order valence-corrected chi connectivity index (χ2v) is 9.02. The van der Waals surface area contributed by atoms with Crippen LogP contribution in [0.2, 0.25) is 0 Å². The molecule has 30 heavy (non-hydrogen) atoms. The molecule has 0 N–H and O–H groups in total. The van der Waals surface area contributed by atoms with Crippen LogP contribution in [0.1, 0.15) is 11.1 Å². The van der Waals surface area contributed by atoms with Crippen molar-refractivity contribution in [1.29, 1.82) is 0 Å². The van der Waals surface area contributed by atoms with Crippen molar-refractivity contribution in [3.63, 3.8) is 0 Å². The maximum absolute atomic E-state index is 14.3. The normalized spacial score (nSPS) is 13.5. The molecule has 5 nitrogen and oxygen atoms in total. The molecule has 0 aliphatic carbocycles. The summed E-state index contributed by atoms with van der Waals surface area (Å²) in [6.45, 7) is 0.0930. The van der Waals surface area contributed by atoms with E-state index in [0.29, 0.717) is 12.1 Å². The number of halogens is 1. The van der Waals surface area contributed by atoms with E-state index in [1.54, 1.807) is 29.2 Å². The summed E-state index contributed by atoms with van der Waals surface area (Å²) in [6, 6.07) is 21.8. The molecule has 1 aliphatic rings. The molecule has 3 aromatic rings. The third-order valence-corrected chi connectivity index (χ3v) is 6.98. The van der Waals surface area contributed by atoms with Gasteiger partial charge < -0.3 is 4.90 Å². The predicted octanol–water partition coefficient (Wildman–Crippen LogP) is 3.61. The molecule has 154 valence electrons. The molecule has 0 radical (unpaired) electrons. The van der Waals surface area contributed by atoms with Gasteiger partial charge in [-0.2, -0.15) is 4.31 Å². The van der Waals surface area contributed by atoms with Gasteiger partial charge in [0.15, 0.2) is 0 Å². The number of hydrogen-bond donors (Lipinski definition) is 0. The van der Waals surface area contributed by atoms with E-state index in [-0.39, 0.29) is 19.0 Å². The van der Waals surface area contributed by atoms with Gasteiger partial charge in [0.05, 0.1) is 6.54 Å². The molecule has 0 unspecified atom stereocenters. The molecular weight excluding hydrogens is 403 g/mol. The fourth-order valence-electron chi connectivity index (χ4n) is 3.64. The lowest BCUT2D eigenvalue weighted by molar-refractivity contribution is -0.118. The Morgan fingerprint density at radius 1 is 0.933 bits per heavy atom. The Morgan fingerprint density at radius 2 is 1.60 bits per heavy atom. The molecule has 0 bridgehead atoms. The van der Waals surface area contributed by atoms with E-state index in [9.17, 15) is 17.6 Å². The lowest BCUT2D eigenvalue weighted by atomic mass is 10.2. The van der Waals surface area contributed by atoms with Gasteiger partial charge in [0.1, 0.15) is 10.7 Å². The van der Waals surface area contributed by atoms with Crippen LogP contribution >= 0.6 is 0 Å². The maximum atomic E-state index is 14.3. The molecule has 0 saturated heterocycles. The van der Waals surface area contributed by atoms with E-state index < -0.39 is 20.7 Å². The zero-order valence-corrected chi connectivity index (χ0v) is 17.1. The number of carbonyl (C=O) groups is 1. The Labute approximate surface area is 175 Å². The molecule has 1 aliphatic heterocycles. The van der Waals surface area contributed by atoms with Gasteiger partial charge in [-0.1, -0.05) is 60.7 Å². The van der Waals surface area contributed by atoms with Crippen LogP contribution in [0.15, 0.2) is 83.8 Å². The Kier molecular flexibility index (Phi) is 5.65. The Bertz CT molecular complexity index is 1170. The van der Waals surface area contributed by atoms with E-state index >= 15 is 0 Å². The highest BCUT2D eigenvalue weighted by Crippen LogP contribution is 2.28. The zero-order valence-electron chi connectivity index (χ0n) is 16.2. The highest BCUT2D eigenvalue weighted by Gasteiger charge is 2.32. The van der Waals surface area contributed by atoms with Crippen molar-refractivity contribution in [2.45, 2.75) is 17.9 Å². The van der Waals surface area contributed by atoms with Crippen molar-refractivity contribution in [3.05, 3.63) is 95.8 Å². The van der Waals surface area contributed by atoms with Crippen LogP contribution in [0.3, 0.4) is 0 Å². The number of fused-ring (bicyclic) bond motifs is 1. The highest BCUT2D eigenvalue weighted by molar-refractivity contribution is 7.89. The molecule has 0 fully saturated rings. The summed E-state index contributed by atoms with van der Waals surface area (Å²) in [7, 11) is -4.22. The van der Waals surface area contributed by atoms with Crippen LogP contribution in [0.25, 0.3) is 0 Å². The van der Waals surface area contributed by atoms with Gasteiger partial charge in [0.2, 0.25) is 15.9 Å². The average Bonchev–Trinajstić information content (AvgIpc) is 3.18. The summed E-state index contributed by atoms with van der Waals surface area (Å²) in [4.78, 5) is 14.3. The van der Waals surface area contributed by atoms with Crippen molar-refractivity contribution >= 4 is 21.6 Å². The van der Waals surface area contributed by atoms with Gasteiger partial charge in [-0.3, -0.25) is 4.79 Å². The summed E-state index contributed by atoms with van der Waals surface area (Å²) in [5.41, 5.74) is 2.56. The number of para-hydroxylation sites is 1. The topological polar surface area (TPSA) is 57.7 Å². The molecule has 0 spiro atoms. The number of anilines is 1. The second-order valence-electron chi connectivity index (χ2n) is 7.11. The molecule has 3 aromatic carbocycles. The first kappa shape index (κ1) is 20.3. The van der Waals surface area contributed by atoms with Crippen molar-refractivity contribution < 1.29 is 17.6 Å². The average molecular weight is 424 g/mol. The Morgan fingerprint density at radius 3 is 2.37 bits per heavy atom. The Balaban J connectivity index is 1.66. The second kappa shape index (κ2) is 8.38. The third kappa shape index (κ3) is 3.99. The van der Waals surface area contributed by atoms with E-state index in [2.05, 4.69) is 0 Å². The summed E-state index contributed by atoms with van der Waals surface area (Å²) < 4.78 is 41.9. The van der Waals surface area contributed by atoms with Crippen LogP contribution in [0, 0.1) is 5.82 Å². The first-order valence-corrected chi connectivity index (χ1v) is 11.1. The summed E-state index contributed by atoms with van der Waals surface area (Å²) in [5, 5.41) is 0. The monoisotopic (exact) mass is 424 g/mol. The number of sulfonamides is 1. The first-order valence-electron chi connectivity index (χ1n) is 9.64. The number of benzene rings is 3. The van der Waals surface area contributed by atoms with Crippen LogP contribution in [0.5, 0.6) is 0 Å². The van der Waals surface area contributed by atoms with Gasteiger partial charge in [-0.15, -0.1) is 0 Å². The molecule has 4 rings (SSSR count). The minimum absolute atomic E-state index is 0.0290. The minimum atomic E-state index is -4.22. The smallest absolute Gasteiger partial charge is 0.246 e. The lowest BCUT2D eigenvalue weighted by Gasteiger charge is -2.25. The molecule has 0 atom stereocenters. The fourth-order valence-corrected chi connectivity index (χ4v) is 5.08. The highest BCUT2D eigenvalue weighted by atomic mass is 32.2. The van der Waals surface area contributed by atoms with E-state index in [0.717, 1.165) is 28.0 Å². The molecule has 0 saturated carbocycles. The number of hydrogen-bond acceptors (Lipinski definition) is 3. The SMILES string of the molecule is O=C(CN(Cc1ccccc1)S(=O)(=O)c1ccccc1F)N1CCc2ccccc21. The van der Waals surface area contributed by atoms with Crippen LogP contribution < -0.4 is 4.90 Å². The number of carbonyl (C=O) groups excluding carboxylic acids is 1.